The zero-order chi connectivity index (χ0) is 19.9. The van der Waals surface area contributed by atoms with Gasteiger partial charge in [-0.05, 0) is 50.1 Å². The lowest BCUT2D eigenvalue weighted by molar-refractivity contribution is 0.341. The Kier molecular flexibility index (Phi) is 4.89. The van der Waals surface area contributed by atoms with Gasteiger partial charge in [0.05, 0.1) is 29.8 Å². The Bertz CT molecular complexity index is 1120. The van der Waals surface area contributed by atoms with Crippen LogP contribution < -0.4 is 9.04 Å². The number of ether oxygens (including phenoxy) is 1. The molecule has 5 nitrogen and oxygen atoms in total. The summed E-state index contributed by atoms with van der Waals surface area (Å²) in [5.41, 5.74) is 4.69. The minimum absolute atomic E-state index is 0.0654. The van der Waals surface area contributed by atoms with Crippen molar-refractivity contribution in [3.63, 3.8) is 0 Å². The summed E-state index contributed by atoms with van der Waals surface area (Å²) < 4.78 is 31.5. The SMILES string of the molecule is CCOc1ccccc1-c1nc(-c2ccc3c(c2)C[C@H](C)N3S(C)(=O)=O)cs1. The van der Waals surface area contributed by atoms with Crippen LogP contribution in [0.15, 0.2) is 47.8 Å². The van der Waals surface area contributed by atoms with Crippen LogP contribution >= 0.6 is 11.3 Å². The van der Waals surface area contributed by atoms with E-state index in [1.807, 2.05) is 55.6 Å². The van der Waals surface area contributed by atoms with Crippen LogP contribution in [0.3, 0.4) is 0 Å². The van der Waals surface area contributed by atoms with Crippen molar-refractivity contribution in [2.24, 2.45) is 0 Å². The second kappa shape index (κ2) is 7.22. The van der Waals surface area contributed by atoms with Crippen LogP contribution in [0.25, 0.3) is 21.8 Å². The standard InChI is InChI=1S/C21H22N2O3S2/c1-4-26-20-8-6-5-7-17(20)21-22-18(13-27-21)15-9-10-19-16(12-15)11-14(2)23(19)28(3,24)25/h5-10,12-14H,4,11H2,1-3H3/t14-/m0/s1. The first-order chi connectivity index (χ1) is 13.4. The molecule has 4 rings (SSSR count). The first kappa shape index (κ1) is 19.0. The van der Waals surface area contributed by atoms with Gasteiger partial charge in [-0.15, -0.1) is 11.3 Å². The number of para-hydroxylation sites is 1. The number of rotatable bonds is 5. The second-order valence-electron chi connectivity index (χ2n) is 6.92. The van der Waals surface area contributed by atoms with Gasteiger partial charge >= 0.3 is 0 Å². The Morgan fingerprint density at radius 1 is 1.25 bits per heavy atom. The van der Waals surface area contributed by atoms with Crippen molar-refractivity contribution in [1.82, 2.24) is 4.98 Å². The molecule has 2 aromatic carbocycles. The lowest BCUT2D eigenvalue weighted by Crippen LogP contribution is -2.34. The van der Waals surface area contributed by atoms with Gasteiger partial charge in [-0.3, -0.25) is 4.31 Å². The average molecular weight is 415 g/mol. The van der Waals surface area contributed by atoms with E-state index in [0.29, 0.717) is 13.0 Å². The first-order valence-electron chi connectivity index (χ1n) is 9.19. The summed E-state index contributed by atoms with van der Waals surface area (Å²) in [6.07, 6.45) is 1.97. The van der Waals surface area contributed by atoms with Crippen molar-refractivity contribution in [3.8, 4) is 27.6 Å². The van der Waals surface area contributed by atoms with Crippen LogP contribution in [0, 0.1) is 0 Å². The Balaban J connectivity index is 1.69. The normalized spacial score (nSPS) is 16.2. The van der Waals surface area contributed by atoms with Crippen LogP contribution in [0.4, 0.5) is 5.69 Å². The monoisotopic (exact) mass is 414 g/mol. The number of hydrogen-bond acceptors (Lipinski definition) is 5. The van der Waals surface area contributed by atoms with Crippen molar-refractivity contribution >= 4 is 27.0 Å². The van der Waals surface area contributed by atoms with E-state index < -0.39 is 10.0 Å². The molecule has 0 radical (unpaired) electrons. The topological polar surface area (TPSA) is 59.5 Å². The van der Waals surface area contributed by atoms with Gasteiger partial charge in [0, 0.05) is 17.0 Å². The van der Waals surface area contributed by atoms with E-state index >= 15 is 0 Å². The quantitative estimate of drug-likeness (QED) is 0.613. The molecule has 0 saturated carbocycles. The fourth-order valence-electron chi connectivity index (χ4n) is 3.72. The summed E-state index contributed by atoms with van der Waals surface area (Å²) >= 11 is 1.58. The van der Waals surface area contributed by atoms with Crippen LogP contribution in [0.5, 0.6) is 5.75 Å². The highest BCUT2D eigenvalue weighted by Crippen LogP contribution is 2.39. The molecular weight excluding hydrogens is 392 g/mol. The van der Waals surface area contributed by atoms with Gasteiger partial charge in [0.25, 0.3) is 0 Å². The number of aromatic nitrogens is 1. The van der Waals surface area contributed by atoms with Gasteiger partial charge in [0.1, 0.15) is 10.8 Å². The number of hydrogen-bond donors (Lipinski definition) is 0. The molecule has 146 valence electrons. The van der Waals surface area contributed by atoms with E-state index in [1.165, 1.54) is 10.6 Å². The Labute approximate surface area is 169 Å². The summed E-state index contributed by atoms with van der Waals surface area (Å²) in [6, 6.07) is 13.7. The van der Waals surface area contributed by atoms with Crippen molar-refractivity contribution in [3.05, 3.63) is 53.4 Å². The minimum Gasteiger partial charge on any atom is -0.493 e. The van der Waals surface area contributed by atoms with Gasteiger partial charge in [0.2, 0.25) is 10.0 Å². The molecule has 1 aromatic heterocycles. The molecule has 1 aliphatic rings. The number of sulfonamides is 1. The molecule has 28 heavy (non-hydrogen) atoms. The fourth-order valence-corrected chi connectivity index (χ4v) is 5.84. The summed E-state index contributed by atoms with van der Waals surface area (Å²) in [7, 11) is -3.28. The molecule has 0 N–H and O–H groups in total. The van der Waals surface area contributed by atoms with Crippen molar-refractivity contribution in [2.75, 3.05) is 17.2 Å². The van der Waals surface area contributed by atoms with Gasteiger partial charge < -0.3 is 4.74 Å². The molecule has 2 heterocycles. The molecule has 0 bridgehead atoms. The predicted octanol–water partition coefficient (Wildman–Crippen LogP) is 4.59. The summed E-state index contributed by atoms with van der Waals surface area (Å²) in [4.78, 5) is 4.81. The largest absolute Gasteiger partial charge is 0.493 e. The maximum absolute atomic E-state index is 12.1. The first-order valence-corrected chi connectivity index (χ1v) is 11.9. The summed E-state index contributed by atoms with van der Waals surface area (Å²) in [6.45, 7) is 4.51. The Hall–Kier alpha value is -2.38. The molecule has 0 amide bonds. The molecule has 0 aliphatic carbocycles. The molecule has 0 spiro atoms. The highest BCUT2D eigenvalue weighted by atomic mass is 32.2. The smallest absolute Gasteiger partial charge is 0.232 e. The summed E-state index contributed by atoms with van der Waals surface area (Å²) in [5.74, 6) is 0.831. The Morgan fingerprint density at radius 2 is 2.04 bits per heavy atom. The minimum atomic E-state index is -3.28. The number of anilines is 1. The average Bonchev–Trinajstić information content (AvgIpc) is 3.25. The maximum atomic E-state index is 12.1. The van der Waals surface area contributed by atoms with E-state index in [4.69, 9.17) is 9.72 Å². The van der Waals surface area contributed by atoms with Crippen molar-refractivity contribution < 1.29 is 13.2 Å². The van der Waals surface area contributed by atoms with Crippen LogP contribution in [0.1, 0.15) is 19.4 Å². The molecule has 0 fully saturated rings. The molecule has 3 aromatic rings. The maximum Gasteiger partial charge on any atom is 0.232 e. The number of fused-ring (bicyclic) bond motifs is 1. The number of thiazole rings is 1. The third kappa shape index (κ3) is 3.40. The van der Waals surface area contributed by atoms with E-state index in [2.05, 4.69) is 6.07 Å². The van der Waals surface area contributed by atoms with Crippen molar-refractivity contribution in [1.29, 1.82) is 0 Å². The predicted molar refractivity (Wildman–Crippen MR) is 115 cm³/mol. The van der Waals surface area contributed by atoms with Crippen LogP contribution in [-0.2, 0) is 16.4 Å². The third-order valence-corrected chi connectivity index (χ3v) is 6.95. The molecule has 7 heteroatoms. The lowest BCUT2D eigenvalue weighted by Gasteiger charge is -2.21. The zero-order valence-corrected chi connectivity index (χ0v) is 17.7. The summed E-state index contributed by atoms with van der Waals surface area (Å²) in [5, 5.41) is 2.94. The van der Waals surface area contributed by atoms with Gasteiger partial charge in [-0.25, -0.2) is 13.4 Å². The highest BCUT2D eigenvalue weighted by Gasteiger charge is 2.32. The molecular formula is C21H22N2O3S2. The molecule has 0 saturated heterocycles. The fraction of sp³-hybridized carbons (Fsp3) is 0.286. The van der Waals surface area contributed by atoms with E-state index in [-0.39, 0.29) is 6.04 Å². The molecule has 0 unspecified atom stereocenters. The number of benzene rings is 2. The number of nitrogens with zero attached hydrogens (tertiary/aromatic N) is 2. The van der Waals surface area contributed by atoms with Crippen molar-refractivity contribution in [2.45, 2.75) is 26.3 Å². The van der Waals surface area contributed by atoms with Gasteiger partial charge in [-0.1, -0.05) is 18.2 Å². The third-order valence-electron chi connectivity index (χ3n) is 4.81. The molecule has 1 atom stereocenters. The highest BCUT2D eigenvalue weighted by molar-refractivity contribution is 7.92. The van der Waals surface area contributed by atoms with E-state index in [0.717, 1.165) is 38.8 Å². The second-order valence-corrected chi connectivity index (χ2v) is 9.64. The van der Waals surface area contributed by atoms with Gasteiger partial charge in [-0.2, -0.15) is 0 Å². The molecule has 1 aliphatic heterocycles. The Morgan fingerprint density at radius 3 is 2.79 bits per heavy atom. The lowest BCUT2D eigenvalue weighted by atomic mass is 10.1. The van der Waals surface area contributed by atoms with Crippen LogP contribution in [0.2, 0.25) is 0 Å². The van der Waals surface area contributed by atoms with E-state index in [9.17, 15) is 8.42 Å². The van der Waals surface area contributed by atoms with Gasteiger partial charge in [0.15, 0.2) is 0 Å². The van der Waals surface area contributed by atoms with Crippen LogP contribution in [-0.4, -0.2) is 32.3 Å². The van der Waals surface area contributed by atoms with E-state index in [1.54, 1.807) is 11.3 Å². The zero-order valence-electron chi connectivity index (χ0n) is 16.0.